The van der Waals surface area contributed by atoms with Crippen LogP contribution >= 0.6 is 0 Å². The number of aromatic nitrogens is 1. The molecule has 3 heteroatoms. The van der Waals surface area contributed by atoms with E-state index in [2.05, 4.69) is 55.3 Å². The van der Waals surface area contributed by atoms with Crippen LogP contribution in [0, 0.1) is 0 Å². The van der Waals surface area contributed by atoms with Crippen LogP contribution in [0.3, 0.4) is 0 Å². The van der Waals surface area contributed by atoms with Crippen LogP contribution in [0.4, 0.5) is 5.82 Å². The molecule has 0 radical (unpaired) electrons. The van der Waals surface area contributed by atoms with Crippen LogP contribution in [0.1, 0.15) is 44.9 Å². The first kappa shape index (κ1) is 15.0. The molecule has 1 aliphatic heterocycles. The van der Waals surface area contributed by atoms with Crippen molar-refractivity contribution in [2.75, 3.05) is 18.0 Å². The average molecular weight is 273 g/mol. The Morgan fingerprint density at radius 3 is 2.80 bits per heavy atom. The number of pyridine rings is 1. The minimum absolute atomic E-state index is 0.513. The second-order valence-electron chi connectivity index (χ2n) is 5.82. The molecule has 1 aromatic heterocycles. The number of nitrogens with one attached hydrogen (secondary N) is 1. The largest absolute Gasteiger partial charge is 0.353 e. The molecule has 0 aromatic carbocycles. The molecule has 0 unspecified atom stereocenters. The van der Waals surface area contributed by atoms with Crippen molar-refractivity contribution in [2.24, 2.45) is 0 Å². The maximum Gasteiger partial charge on any atom is 0.129 e. The lowest BCUT2D eigenvalue weighted by Crippen LogP contribution is -2.28. The molecule has 1 aromatic rings. The van der Waals surface area contributed by atoms with Crippen molar-refractivity contribution in [1.82, 2.24) is 10.3 Å². The third-order valence-corrected chi connectivity index (χ3v) is 3.53. The maximum atomic E-state index is 4.84. The minimum atomic E-state index is 0.513. The topological polar surface area (TPSA) is 28.2 Å². The van der Waals surface area contributed by atoms with Crippen LogP contribution in [0.15, 0.2) is 24.3 Å². The average Bonchev–Trinajstić information content (AvgIpc) is 2.46. The summed E-state index contributed by atoms with van der Waals surface area (Å²) in [6.45, 7) is 9.57. The summed E-state index contributed by atoms with van der Waals surface area (Å²) in [5, 5.41) is 3.50. The fourth-order valence-electron chi connectivity index (χ4n) is 2.45. The summed E-state index contributed by atoms with van der Waals surface area (Å²) in [6, 6.07) is 5.01. The third kappa shape index (κ3) is 4.34. The molecule has 0 bridgehead atoms. The Morgan fingerprint density at radius 2 is 2.15 bits per heavy atom. The molecule has 2 heterocycles. The van der Waals surface area contributed by atoms with Gasteiger partial charge in [0, 0.05) is 31.4 Å². The Hall–Kier alpha value is -1.35. The highest BCUT2D eigenvalue weighted by Gasteiger charge is 2.11. The van der Waals surface area contributed by atoms with E-state index in [1.54, 1.807) is 0 Å². The number of aryl methyl sites for hydroxylation is 1. The van der Waals surface area contributed by atoms with Crippen molar-refractivity contribution in [1.29, 1.82) is 0 Å². The van der Waals surface area contributed by atoms with Crippen LogP contribution < -0.4 is 10.2 Å². The summed E-state index contributed by atoms with van der Waals surface area (Å²) in [4.78, 5) is 7.21. The van der Waals surface area contributed by atoms with Gasteiger partial charge < -0.3 is 10.2 Å². The van der Waals surface area contributed by atoms with Gasteiger partial charge in [-0.1, -0.05) is 39.3 Å². The summed E-state index contributed by atoms with van der Waals surface area (Å²) in [5.74, 6) is 1.14. The van der Waals surface area contributed by atoms with Crippen LogP contribution in [-0.2, 0) is 13.0 Å². The second kappa shape index (κ2) is 7.44. The molecule has 1 N–H and O–H groups in total. The fraction of sp³-hybridized carbons (Fsp3) is 0.588. The number of hydrogen-bond donors (Lipinski definition) is 1. The van der Waals surface area contributed by atoms with Crippen LogP contribution in [0.25, 0.3) is 0 Å². The van der Waals surface area contributed by atoms with E-state index in [1.165, 1.54) is 11.3 Å². The Bertz CT molecular complexity index is 452. The van der Waals surface area contributed by atoms with Gasteiger partial charge in [-0.15, -0.1) is 0 Å². The zero-order valence-corrected chi connectivity index (χ0v) is 13.0. The zero-order valence-electron chi connectivity index (χ0n) is 13.0. The predicted octanol–water partition coefficient (Wildman–Crippen LogP) is 3.30. The molecule has 110 valence electrons. The summed E-state index contributed by atoms with van der Waals surface area (Å²) < 4.78 is 0. The van der Waals surface area contributed by atoms with Gasteiger partial charge in [0.2, 0.25) is 0 Å². The molecule has 2 rings (SSSR count). The molecule has 0 aliphatic carbocycles. The Kier molecular flexibility index (Phi) is 5.60. The van der Waals surface area contributed by atoms with E-state index in [1.807, 2.05) is 0 Å². The number of nitrogens with zero attached hydrogens (tertiary/aromatic N) is 2. The summed E-state index contributed by atoms with van der Waals surface area (Å²) in [5.41, 5.74) is 2.57. The third-order valence-electron chi connectivity index (χ3n) is 3.53. The lowest BCUT2D eigenvalue weighted by Gasteiger charge is -2.25. The lowest BCUT2D eigenvalue weighted by atomic mass is 10.1. The first-order chi connectivity index (χ1) is 9.69. The van der Waals surface area contributed by atoms with Crippen molar-refractivity contribution in [3.05, 3.63) is 35.5 Å². The standard InChI is InChI=1S/C17H27N3/c1-4-8-16-11-15(13-18-14(2)3)12-17(19-16)20-9-6-5-7-10-20/h5-6,11-12,14,18H,4,7-10,13H2,1-3H3. The second-order valence-corrected chi connectivity index (χ2v) is 5.82. The number of rotatable bonds is 6. The van der Waals surface area contributed by atoms with Gasteiger partial charge in [-0.05, 0) is 30.5 Å². The first-order valence-electron chi connectivity index (χ1n) is 7.82. The van der Waals surface area contributed by atoms with Crippen molar-refractivity contribution >= 4 is 5.82 Å². The van der Waals surface area contributed by atoms with Crippen LogP contribution in [-0.4, -0.2) is 24.1 Å². The predicted molar refractivity (Wildman–Crippen MR) is 86.2 cm³/mol. The summed E-state index contributed by atoms with van der Waals surface area (Å²) >= 11 is 0. The molecule has 0 spiro atoms. The summed E-state index contributed by atoms with van der Waals surface area (Å²) in [7, 11) is 0. The summed E-state index contributed by atoms with van der Waals surface area (Å²) in [6.07, 6.45) is 7.83. The van der Waals surface area contributed by atoms with E-state index < -0.39 is 0 Å². The van der Waals surface area contributed by atoms with E-state index in [0.29, 0.717) is 6.04 Å². The zero-order chi connectivity index (χ0) is 14.4. The molecule has 0 saturated heterocycles. The molecular weight excluding hydrogens is 246 g/mol. The van der Waals surface area contributed by atoms with Crippen molar-refractivity contribution in [3.8, 4) is 0 Å². The van der Waals surface area contributed by atoms with Gasteiger partial charge in [-0.25, -0.2) is 4.98 Å². The normalized spacial score (nSPS) is 15.1. The van der Waals surface area contributed by atoms with E-state index in [0.717, 1.165) is 44.7 Å². The molecule has 3 nitrogen and oxygen atoms in total. The van der Waals surface area contributed by atoms with Gasteiger partial charge in [0.1, 0.15) is 5.82 Å². The van der Waals surface area contributed by atoms with E-state index in [9.17, 15) is 0 Å². The molecule has 0 fully saturated rings. The van der Waals surface area contributed by atoms with Crippen LogP contribution in [0.5, 0.6) is 0 Å². The van der Waals surface area contributed by atoms with Gasteiger partial charge in [-0.2, -0.15) is 0 Å². The fourth-order valence-corrected chi connectivity index (χ4v) is 2.45. The van der Waals surface area contributed by atoms with Crippen molar-refractivity contribution < 1.29 is 0 Å². The molecule has 0 atom stereocenters. The highest BCUT2D eigenvalue weighted by molar-refractivity contribution is 5.44. The Labute approximate surface area is 123 Å². The molecule has 0 amide bonds. The molecular formula is C17H27N3. The highest BCUT2D eigenvalue weighted by atomic mass is 15.2. The van der Waals surface area contributed by atoms with Gasteiger partial charge in [0.05, 0.1) is 0 Å². The molecule has 1 aliphatic rings. The highest BCUT2D eigenvalue weighted by Crippen LogP contribution is 2.18. The Morgan fingerprint density at radius 1 is 1.30 bits per heavy atom. The SMILES string of the molecule is CCCc1cc(CNC(C)C)cc(N2CC=CCC2)n1. The minimum Gasteiger partial charge on any atom is -0.353 e. The van der Waals surface area contributed by atoms with Gasteiger partial charge >= 0.3 is 0 Å². The first-order valence-corrected chi connectivity index (χ1v) is 7.82. The Balaban J connectivity index is 2.18. The van der Waals surface area contributed by atoms with Gasteiger partial charge in [-0.3, -0.25) is 0 Å². The van der Waals surface area contributed by atoms with Gasteiger partial charge in [0.25, 0.3) is 0 Å². The maximum absolute atomic E-state index is 4.84. The van der Waals surface area contributed by atoms with Crippen molar-refractivity contribution in [2.45, 2.75) is 52.6 Å². The van der Waals surface area contributed by atoms with E-state index in [-0.39, 0.29) is 0 Å². The quantitative estimate of drug-likeness (QED) is 0.806. The monoisotopic (exact) mass is 273 g/mol. The number of hydrogen-bond acceptors (Lipinski definition) is 3. The smallest absolute Gasteiger partial charge is 0.129 e. The number of anilines is 1. The lowest BCUT2D eigenvalue weighted by molar-refractivity contribution is 0.587. The van der Waals surface area contributed by atoms with E-state index >= 15 is 0 Å². The molecule has 0 saturated carbocycles. The molecule has 20 heavy (non-hydrogen) atoms. The van der Waals surface area contributed by atoms with Crippen molar-refractivity contribution in [3.63, 3.8) is 0 Å². The van der Waals surface area contributed by atoms with Gasteiger partial charge in [0.15, 0.2) is 0 Å². The van der Waals surface area contributed by atoms with Crippen LogP contribution in [0.2, 0.25) is 0 Å². The van der Waals surface area contributed by atoms with E-state index in [4.69, 9.17) is 4.98 Å².